The number of carbonyl (C=O) groups is 2. The summed E-state index contributed by atoms with van der Waals surface area (Å²) in [6, 6.07) is -0.432. The predicted molar refractivity (Wildman–Crippen MR) is 72.1 cm³/mol. The zero-order chi connectivity index (χ0) is 14.1. The molecular formula is C14H26N2O2. The topological polar surface area (TPSA) is 49.4 Å². The number of nitrogens with zero attached hydrogens (tertiary/aromatic N) is 1. The van der Waals surface area contributed by atoms with Crippen LogP contribution in [0.25, 0.3) is 0 Å². The summed E-state index contributed by atoms with van der Waals surface area (Å²) < 4.78 is 0. The summed E-state index contributed by atoms with van der Waals surface area (Å²) >= 11 is 0. The molecule has 0 aromatic carbocycles. The molecule has 1 aliphatic heterocycles. The molecule has 1 heterocycles. The molecular weight excluding hydrogens is 228 g/mol. The highest BCUT2D eigenvalue weighted by molar-refractivity contribution is 5.91. The summed E-state index contributed by atoms with van der Waals surface area (Å²) in [5.74, 6) is 0.0119. The van der Waals surface area contributed by atoms with Crippen LogP contribution in [0.15, 0.2) is 0 Å². The summed E-state index contributed by atoms with van der Waals surface area (Å²) in [4.78, 5) is 26.3. The molecule has 1 N–H and O–H groups in total. The Morgan fingerprint density at radius 3 is 2.22 bits per heavy atom. The molecule has 0 spiro atoms. The zero-order valence-corrected chi connectivity index (χ0v) is 12.5. The lowest BCUT2D eigenvalue weighted by atomic mass is 9.85. The standard InChI is InChI=1S/C14H26N2O2/c1-7-14(5,6)16-9-8-10(17)15-11(12(16)18)13(2,3)4/h11H,7-9H2,1-6H3,(H,15,17). The number of rotatable bonds is 2. The summed E-state index contributed by atoms with van der Waals surface area (Å²) in [7, 11) is 0. The van der Waals surface area contributed by atoms with Gasteiger partial charge in [0.25, 0.3) is 0 Å². The van der Waals surface area contributed by atoms with Gasteiger partial charge in [0, 0.05) is 18.5 Å². The molecule has 0 aromatic heterocycles. The fourth-order valence-corrected chi connectivity index (χ4v) is 2.15. The van der Waals surface area contributed by atoms with Crippen molar-refractivity contribution in [2.75, 3.05) is 6.54 Å². The summed E-state index contributed by atoms with van der Waals surface area (Å²) in [5, 5.41) is 2.86. The highest BCUT2D eigenvalue weighted by Gasteiger charge is 2.41. The third-order valence-corrected chi connectivity index (χ3v) is 3.84. The Labute approximate surface area is 110 Å². The number of carbonyl (C=O) groups excluding carboxylic acids is 2. The largest absolute Gasteiger partial charge is 0.344 e. The Balaban J connectivity index is 3.08. The molecule has 0 bridgehead atoms. The molecule has 18 heavy (non-hydrogen) atoms. The van der Waals surface area contributed by atoms with Crippen molar-refractivity contribution < 1.29 is 9.59 Å². The van der Waals surface area contributed by atoms with E-state index in [1.165, 1.54) is 0 Å². The second-order valence-electron chi connectivity index (χ2n) is 6.77. The van der Waals surface area contributed by atoms with Crippen LogP contribution in [0.1, 0.15) is 54.4 Å². The van der Waals surface area contributed by atoms with Gasteiger partial charge in [0.15, 0.2) is 0 Å². The quantitative estimate of drug-likeness (QED) is 0.818. The van der Waals surface area contributed by atoms with Crippen LogP contribution < -0.4 is 5.32 Å². The van der Waals surface area contributed by atoms with Gasteiger partial charge in [-0.2, -0.15) is 0 Å². The normalized spacial score (nSPS) is 22.8. The Morgan fingerprint density at radius 1 is 1.22 bits per heavy atom. The van der Waals surface area contributed by atoms with E-state index in [0.29, 0.717) is 13.0 Å². The van der Waals surface area contributed by atoms with Crippen molar-refractivity contribution in [1.29, 1.82) is 0 Å². The van der Waals surface area contributed by atoms with E-state index in [1.54, 1.807) is 0 Å². The van der Waals surface area contributed by atoms with Gasteiger partial charge in [0.2, 0.25) is 11.8 Å². The molecule has 1 unspecified atom stereocenters. The van der Waals surface area contributed by atoms with Crippen molar-refractivity contribution in [2.24, 2.45) is 5.41 Å². The minimum absolute atomic E-state index is 0.0299. The van der Waals surface area contributed by atoms with E-state index in [0.717, 1.165) is 6.42 Å². The third kappa shape index (κ3) is 3.03. The zero-order valence-electron chi connectivity index (χ0n) is 12.5. The summed E-state index contributed by atoms with van der Waals surface area (Å²) in [6.07, 6.45) is 1.27. The molecule has 1 saturated heterocycles. The second-order valence-corrected chi connectivity index (χ2v) is 6.77. The van der Waals surface area contributed by atoms with E-state index in [2.05, 4.69) is 26.1 Å². The van der Waals surface area contributed by atoms with Crippen LogP contribution in [0.4, 0.5) is 0 Å². The van der Waals surface area contributed by atoms with Gasteiger partial charge in [-0.3, -0.25) is 9.59 Å². The van der Waals surface area contributed by atoms with E-state index in [4.69, 9.17) is 0 Å². The van der Waals surface area contributed by atoms with E-state index in [-0.39, 0.29) is 22.8 Å². The third-order valence-electron chi connectivity index (χ3n) is 3.84. The van der Waals surface area contributed by atoms with Crippen molar-refractivity contribution in [2.45, 2.75) is 66.0 Å². The Kier molecular flexibility index (Phi) is 4.08. The molecule has 1 fully saturated rings. The minimum Gasteiger partial charge on any atom is -0.344 e. The van der Waals surface area contributed by atoms with Crippen LogP contribution >= 0.6 is 0 Å². The summed E-state index contributed by atoms with van der Waals surface area (Å²) in [5.41, 5.74) is -0.466. The Morgan fingerprint density at radius 2 is 1.78 bits per heavy atom. The SMILES string of the molecule is CCC(C)(C)N1CCC(=O)NC(C(C)(C)C)C1=O. The predicted octanol–water partition coefficient (Wildman–Crippen LogP) is 1.94. The maximum Gasteiger partial charge on any atom is 0.246 e. The van der Waals surface area contributed by atoms with Crippen molar-refractivity contribution in [1.82, 2.24) is 10.2 Å². The molecule has 0 aliphatic carbocycles. The van der Waals surface area contributed by atoms with Crippen LogP contribution in [0.5, 0.6) is 0 Å². The highest BCUT2D eigenvalue weighted by atomic mass is 16.2. The van der Waals surface area contributed by atoms with Crippen LogP contribution in [-0.2, 0) is 9.59 Å². The molecule has 1 atom stereocenters. The number of hydrogen-bond acceptors (Lipinski definition) is 2. The molecule has 4 heteroatoms. The monoisotopic (exact) mass is 254 g/mol. The van der Waals surface area contributed by atoms with Crippen LogP contribution in [0.2, 0.25) is 0 Å². The number of nitrogens with one attached hydrogen (secondary N) is 1. The first kappa shape index (κ1) is 15.0. The van der Waals surface area contributed by atoms with Crippen LogP contribution in [0.3, 0.4) is 0 Å². The summed E-state index contributed by atoms with van der Waals surface area (Å²) in [6.45, 7) is 12.6. The van der Waals surface area contributed by atoms with Gasteiger partial charge < -0.3 is 10.2 Å². The second kappa shape index (κ2) is 4.90. The van der Waals surface area contributed by atoms with Gasteiger partial charge in [-0.15, -0.1) is 0 Å². The van der Waals surface area contributed by atoms with Crippen LogP contribution in [-0.4, -0.2) is 34.8 Å². The Bertz CT molecular complexity index is 342. The van der Waals surface area contributed by atoms with E-state index in [1.807, 2.05) is 25.7 Å². The minimum atomic E-state index is -0.432. The molecule has 1 aliphatic rings. The van der Waals surface area contributed by atoms with Gasteiger partial charge in [-0.1, -0.05) is 27.7 Å². The van der Waals surface area contributed by atoms with Gasteiger partial charge in [0.05, 0.1) is 0 Å². The lowest BCUT2D eigenvalue weighted by Crippen LogP contribution is -2.56. The van der Waals surface area contributed by atoms with E-state index >= 15 is 0 Å². The average Bonchev–Trinajstić information content (AvgIpc) is 2.38. The van der Waals surface area contributed by atoms with Gasteiger partial charge in [0.1, 0.15) is 6.04 Å². The van der Waals surface area contributed by atoms with Crippen molar-refractivity contribution in [3.8, 4) is 0 Å². The van der Waals surface area contributed by atoms with Crippen molar-refractivity contribution in [3.05, 3.63) is 0 Å². The fraction of sp³-hybridized carbons (Fsp3) is 0.857. The molecule has 1 rings (SSSR count). The molecule has 104 valence electrons. The fourth-order valence-electron chi connectivity index (χ4n) is 2.15. The molecule has 0 saturated carbocycles. The number of hydrogen-bond donors (Lipinski definition) is 1. The van der Waals surface area contributed by atoms with Gasteiger partial charge in [-0.05, 0) is 25.7 Å². The first-order chi connectivity index (χ1) is 8.09. The van der Waals surface area contributed by atoms with Crippen molar-refractivity contribution >= 4 is 11.8 Å². The highest BCUT2D eigenvalue weighted by Crippen LogP contribution is 2.28. The average molecular weight is 254 g/mol. The molecule has 0 radical (unpaired) electrons. The van der Waals surface area contributed by atoms with Crippen molar-refractivity contribution in [3.63, 3.8) is 0 Å². The van der Waals surface area contributed by atoms with Crippen LogP contribution in [0, 0.1) is 5.41 Å². The van der Waals surface area contributed by atoms with Gasteiger partial charge in [-0.25, -0.2) is 0 Å². The smallest absolute Gasteiger partial charge is 0.246 e. The molecule has 4 nitrogen and oxygen atoms in total. The maximum absolute atomic E-state index is 12.7. The first-order valence-corrected chi connectivity index (χ1v) is 6.70. The van der Waals surface area contributed by atoms with E-state index in [9.17, 15) is 9.59 Å². The van der Waals surface area contributed by atoms with E-state index < -0.39 is 6.04 Å². The molecule has 2 amide bonds. The van der Waals surface area contributed by atoms with Gasteiger partial charge >= 0.3 is 0 Å². The maximum atomic E-state index is 12.7. The lowest BCUT2D eigenvalue weighted by molar-refractivity contribution is -0.141. The number of amides is 2. The first-order valence-electron chi connectivity index (χ1n) is 6.70. The lowest BCUT2D eigenvalue weighted by Gasteiger charge is -2.40. The Hall–Kier alpha value is -1.06. The molecule has 0 aromatic rings.